The van der Waals surface area contributed by atoms with E-state index in [1.807, 2.05) is 6.92 Å². The van der Waals surface area contributed by atoms with Crippen molar-refractivity contribution in [3.8, 4) is 0 Å². The maximum atomic E-state index is 11.7. The molecule has 0 aliphatic rings. The summed E-state index contributed by atoms with van der Waals surface area (Å²) in [4.78, 5) is 23.4. The van der Waals surface area contributed by atoms with E-state index in [9.17, 15) is 9.59 Å². The third-order valence-electron chi connectivity index (χ3n) is 4.97. The molecular weight excluding hydrogens is 352 g/mol. The molecule has 4 heteroatoms. The second-order valence-corrected chi connectivity index (χ2v) is 7.65. The molecule has 4 nitrogen and oxygen atoms in total. The van der Waals surface area contributed by atoms with Crippen LogP contribution in [-0.2, 0) is 19.1 Å². The molecule has 0 aliphatic carbocycles. The van der Waals surface area contributed by atoms with Gasteiger partial charge in [0.2, 0.25) is 0 Å². The van der Waals surface area contributed by atoms with Crippen LogP contribution in [0.15, 0.2) is 12.2 Å². The molecule has 0 N–H and O–H groups in total. The summed E-state index contributed by atoms with van der Waals surface area (Å²) >= 11 is 0. The number of hydrogen-bond acceptors (Lipinski definition) is 4. The minimum absolute atomic E-state index is 0.0653. The maximum absolute atomic E-state index is 11.7. The van der Waals surface area contributed by atoms with Gasteiger partial charge in [-0.1, -0.05) is 97.8 Å². The number of carbonyl (C=O) groups excluding carboxylic acids is 2. The summed E-state index contributed by atoms with van der Waals surface area (Å²) < 4.78 is 10.5. The molecule has 0 fully saturated rings. The van der Waals surface area contributed by atoms with Crippen molar-refractivity contribution in [2.45, 2.75) is 123 Å². The van der Waals surface area contributed by atoms with Gasteiger partial charge in [-0.2, -0.15) is 0 Å². The van der Waals surface area contributed by atoms with Gasteiger partial charge in [0.25, 0.3) is 0 Å². The van der Waals surface area contributed by atoms with Gasteiger partial charge in [-0.25, -0.2) is 9.59 Å². The summed E-state index contributed by atoms with van der Waals surface area (Å²) in [6.45, 7) is 6.78. The lowest BCUT2D eigenvalue weighted by atomic mass is 10.1. The summed E-state index contributed by atoms with van der Waals surface area (Å²) in [5.74, 6) is -0.930. The molecule has 1 atom stereocenters. The quantitative estimate of drug-likeness (QED) is 0.135. The Morgan fingerprint density at radius 3 is 1.71 bits per heavy atom. The van der Waals surface area contributed by atoms with E-state index in [1.54, 1.807) is 0 Å². The fourth-order valence-electron chi connectivity index (χ4n) is 3.10. The highest BCUT2D eigenvalue weighted by Crippen LogP contribution is 2.11. The largest absolute Gasteiger partial charge is 0.463 e. The topological polar surface area (TPSA) is 52.6 Å². The van der Waals surface area contributed by atoms with E-state index >= 15 is 0 Å². The van der Waals surface area contributed by atoms with Crippen molar-refractivity contribution in [1.29, 1.82) is 0 Å². The van der Waals surface area contributed by atoms with E-state index in [0.29, 0.717) is 6.61 Å². The summed E-state index contributed by atoms with van der Waals surface area (Å²) in [5.41, 5.74) is 0. The van der Waals surface area contributed by atoms with Crippen molar-refractivity contribution in [2.75, 3.05) is 6.61 Å². The fourth-order valence-corrected chi connectivity index (χ4v) is 3.10. The lowest BCUT2D eigenvalue weighted by molar-refractivity contribution is -0.144. The number of rotatable bonds is 19. The average molecular weight is 397 g/mol. The van der Waals surface area contributed by atoms with Crippen molar-refractivity contribution in [1.82, 2.24) is 0 Å². The normalized spacial score (nSPS) is 12.2. The van der Waals surface area contributed by atoms with Crippen LogP contribution in [0.5, 0.6) is 0 Å². The van der Waals surface area contributed by atoms with Gasteiger partial charge in [-0.15, -0.1) is 0 Å². The molecule has 0 rings (SSSR count). The van der Waals surface area contributed by atoms with Gasteiger partial charge >= 0.3 is 11.9 Å². The van der Waals surface area contributed by atoms with Gasteiger partial charge in [0, 0.05) is 12.2 Å². The first kappa shape index (κ1) is 26.7. The molecule has 1 unspecified atom stereocenters. The Balaban J connectivity index is 3.58. The first-order valence-electron chi connectivity index (χ1n) is 11.7. The minimum atomic E-state index is -0.467. The Hall–Kier alpha value is -1.32. The van der Waals surface area contributed by atoms with Crippen LogP contribution in [-0.4, -0.2) is 24.6 Å². The van der Waals surface area contributed by atoms with Crippen LogP contribution in [0.4, 0.5) is 0 Å². The third-order valence-corrected chi connectivity index (χ3v) is 4.97. The van der Waals surface area contributed by atoms with Gasteiger partial charge in [-0.3, -0.25) is 0 Å². The van der Waals surface area contributed by atoms with Crippen LogP contribution >= 0.6 is 0 Å². The Bertz CT molecular complexity index is 403. The molecule has 0 aromatic heterocycles. The van der Waals surface area contributed by atoms with Crippen molar-refractivity contribution in [3.63, 3.8) is 0 Å². The van der Waals surface area contributed by atoms with Crippen LogP contribution in [0.2, 0.25) is 0 Å². The van der Waals surface area contributed by atoms with Crippen molar-refractivity contribution < 1.29 is 19.1 Å². The van der Waals surface area contributed by atoms with Crippen molar-refractivity contribution >= 4 is 11.9 Å². The molecule has 0 aromatic rings. The SMILES string of the molecule is CCCCCCCCCCCCCOC(=O)/C=C/C(=O)OC(CC)CCCC. The minimum Gasteiger partial charge on any atom is -0.463 e. The van der Waals surface area contributed by atoms with Gasteiger partial charge in [-0.05, 0) is 19.3 Å². The molecule has 164 valence electrons. The molecule has 0 aromatic carbocycles. The van der Waals surface area contributed by atoms with Gasteiger partial charge in [0.15, 0.2) is 0 Å². The first-order valence-corrected chi connectivity index (χ1v) is 11.7. The zero-order chi connectivity index (χ0) is 20.9. The molecule has 0 radical (unpaired) electrons. The molecule has 0 bridgehead atoms. The van der Waals surface area contributed by atoms with Gasteiger partial charge < -0.3 is 9.47 Å². The molecule has 28 heavy (non-hydrogen) atoms. The van der Waals surface area contributed by atoms with Gasteiger partial charge in [0.05, 0.1) is 6.61 Å². The van der Waals surface area contributed by atoms with Crippen molar-refractivity contribution in [3.05, 3.63) is 12.2 Å². The third kappa shape index (κ3) is 18.1. The highest BCUT2D eigenvalue weighted by molar-refractivity contribution is 5.91. The molecule has 0 spiro atoms. The fraction of sp³-hybridized carbons (Fsp3) is 0.833. The lowest BCUT2D eigenvalue weighted by Gasteiger charge is -2.14. The number of carbonyl (C=O) groups is 2. The first-order chi connectivity index (χ1) is 13.6. The van der Waals surface area contributed by atoms with E-state index in [-0.39, 0.29) is 6.10 Å². The van der Waals surface area contributed by atoms with E-state index in [0.717, 1.165) is 38.5 Å². The molecule has 0 saturated heterocycles. The van der Waals surface area contributed by atoms with Gasteiger partial charge in [0.1, 0.15) is 6.10 Å². The maximum Gasteiger partial charge on any atom is 0.331 e. The monoisotopic (exact) mass is 396 g/mol. The van der Waals surface area contributed by atoms with Crippen LogP contribution < -0.4 is 0 Å². The number of esters is 2. The molecule has 0 amide bonds. The smallest absolute Gasteiger partial charge is 0.331 e. The van der Waals surface area contributed by atoms with Crippen LogP contribution in [0, 0.1) is 0 Å². The zero-order valence-corrected chi connectivity index (χ0v) is 18.7. The number of unbranched alkanes of at least 4 members (excludes halogenated alkanes) is 11. The summed E-state index contributed by atoms with van der Waals surface area (Å²) in [5, 5.41) is 0. The second-order valence-electron chi connectivity index (χ2n) is 7.65. The van der Waals surface area contributed by atoms with Crippen LogP contribution in [0.3, 0.4) is 0 Å². The number of ether oxygens (including phenoxy) is 2. The predicted molar refractivity (Wildman–Crippen MR) is 116 cm³/mol. The van der Waals surface area contributed by atoms with Crippen LogP contribution in [0.25, 0.3) is 0 Å². The highest BCUT2D eigenvalue weighted by Gasteiger charge is 2.10. The van der Waals surface area contributed by atoms with E-state index in [4.69, 9.17) is 9.47 Å². The Morgan fingerprint density at radius 1 is 0.679 bits per heavy atom. The van der Waals surface area contributed by atoms with Crippen LogP contribution in [0.1, 0.15) is 117 Å². The number of hydrogen-bond donors (Lipinski definition) is 0. The van der Waals surface area contributed by atoms with E-state index in [2.05, 4.69) is 13.8 Å². The van der Waals surface area contributed by atoms with Crippen molar-refractivity contribution in [2.24, 2.45) is 0 Å². The Kier molecular flexibility index (Phi) is 19.5. The van der Waals surface area contributed by atoms with E-state index < -0.39 is 11.9 Å². The summed E-state index contributed by atoms with van der Waals surface area (Å²) in [6.07, 6.45) is 20.0. The predicted octanol–water partition coefficient (Wildman–Crippen LogP) is 6.91. The standard InChI is InChI=1S/C24H44O4/c1-4-7-9-10-11-12-13-14-15-16-17-21-27-23(25)19-20-24(26)28-22(6-3)18-8-5-2/h19-20,22H,4-18,21H2,1-3H3/b20-19+. The molecular formula is C24H44O4. The molecule has 0 heterocycles. The second kappa shape index (κ2) is 20.4. The zero-order valence-electron chi connectivity index (χ0n) is 18.7. The highest BCUT2D eigenvalue weighted by atomic mass is 16.5. The Morgan fingerprint density at radius 2 is 1.18 bits per heavy atom. The lowest BCUT2D eigenvalue weighted by Crippen LogP contribution is -2.16. The van der Waals surface area contributed by atoms with E-state index in [1.165, 1.54) is 69.9 Å². The average Bonchev–Trinajstić information content (AvgIpc) is 2.70. The molecule has 0 saturated carbocycles. The summed E-state index contributed by atoms with van der Waals surface area (Å²) in [7, 11) is 0. The Labute approximate surface area is 173 Å². The summed E-state index contributed by atoms with van der Waals surface area (Å²) in [6, 6.07) is 0. The molecule has 0 aliphatic heterocycles.